The number of ether oxygens (including phenoxy) is 4. The van der Waals surface area contributed by atoms with E-state index in [0.29, 0.717) is 74.2 Å². The van der Waals surface area contributed by atoms with Crippen LogP contribution >= 0.6 is 35.0 Å². The molecule has 0 radical (unpaired) electrons. The van der Waals surface area contributed by atoms with Crippen LogP contribution in [-0.4, -0.2) is 24.3 Å². The molecule has 0 unspecified atom stereocenters. The van der Waals surface area contributed by atoms with Crippen LogP contribution in [0.5, 0.6) is 23.0 Å². The molecule has 0 aromatic heterocycles. The van der Waals surface area contributed by atoms with Gasteiger partial charge in [-0.3, -0.25) is 4.79 Å². The zero-order valence-electron chi connectivity index (χ0n) is 24.1. The van der Waals surface area contributed by atoms with Gasteiger partial charge in [0.2, 0.25) is 0 Å². The summed E-state index contributed by atoms with van der Waals surface area (Å²) in [6.07, 6.45) is 1.74. The fraction of sp³-hybridized carbons (Fsp3) is 0.176. The van der Waals surface area contributed by atoms with Crippen LogP contribution in [0.3, 0.4) is 0 Å². The van der Waals surface area contributed by atoms with Crippen molar-refractivity contribution in [1.29, 1.82) is 0 Å². The fourth-order valence-electron chi connectivity index (χ4n) is 4.26. The molecule has 0 spiro atoms. The third-order valence-corrected chi connectivity index (χ3v) is 7.71. The molecule has 0 saturated carbocycles. The number of aliphatic imine (C=N–C) groups is 1. The van der Waals surface area contributed by atoms with Crippen LogP contribution in [0, 0.1) is 0 Å². The minimum Gasteiger partial charge on any atom is -0.490 e. The summed E-state index contributed by atoms with van der Waals surface area (Å²) in [6, 6.07) is 26.2. The van der Waals surface area contributed by atoms with Crippen molar-refractivity contribution >= 4 is 57.8 Å². The van der Waals surface area contributed by atoms with Crippen molar-refractivity contribution in [1.82, 2.24) is 5.32 Å². The second-order valence-electron chi connectivity index (χ2n) is 9.50. The Kier molecular flexibility index (Phi) is 10.7. The molecule has 1 aliphatic rings. The van der Waals surface area contributed by atoms with E-state index in [2.05, 4.69) is 10.3 Å². The minimum absolute atomic E-state index is 0.224. The molecule has 4 aromatic rings. The van der Waals surface area contributed by atoms with Gasteiger partial charge in [0.15, 0.2) is 28.2 Å². The summed E-state index contributed by atoms with van der Waals surface area (Å²) >= 11 is 13.9. The SMILES string of the molecule is CCOc1cc(COc2c(Cl)cc(/C=C3/SC(=Nc4ccc(Cl)cc4)NC3=O)cc2OCC)ccc1OCc1ccccc1. The zero-order chi connectivity index (χ0) is 30.9. The fourth-order valence-corrected chi connectivity index (χ4v) is 5.50. The summed E-state index contributed by atoms with van der Waals surface area (Å²) in [4.78, 5) is 17.6. The van der Waals surface area contributed by atoms with Crippen molar-refractivity contribution in [3.63, 3.8) is 0 Å². The van der Waals surface area contributed by atoms with E-state index in [1.807, 2.05) is 62.4 Å². The maximum Gasteiger partial charge on any atom is 0.264 e. The van der Waals surface area contributed by atoms with E-state index in [9.17, 15) is 4.79 Å². The van der Waals surface area contributed by atoms with Gasteiger partial charge in [0.05, 0.1) is 28.8 Å². The number of carbonyl (C=O) groups excluding carboxylic acids is 1. The van der Waals surface area contributed by atoms with E-state index in [4.69, 9.17) is 42.1 Å². The molecule has 0 atom stereocenters. The lowest BCUT2D eigenvalue weighted by molar-refractivity contribution is -0.115. The lowest BCUT2D eigenvalue weighted by Gasteiger charge is -2.16. The molecule has 226 valence electrons. The maximum absolute atomic E-state index is 12.7. The number of rotatable bonds is 12. The zero-order valence-corrected chi connectivity index (χ0v) is 26.5. The molecule has 44 heavy (non-hydrogen) atoms. The highest BCUT2D eigenvalue weighted by Gasteiger charge is 2.24. The average molecular weight is 650 g/mol. The van der Waals surface area contributed by atoms with Gasteiger partial charge in [0.25, 0.3) is 5.91 Å². The summed E-state index contributed by atoms with van der Waals surface area (Å²) in [7, 11) is 0. The normalized spacial score (nSPS) is 14.5. The van der Waals surface area contributed by atoms with E-state index in [1.54, 1.807) is 42.5 Å². The summed E-state index contributed by atoms with van der Waals surface area (Å²) in [6.45, 7) is 5.36. The first-order chi connectivity index (χ1) is 21.4. The maximum atomic E-state index is 12.7. The number of benzene rings is 4. The molecular weight excluding hydrogens is 619 g/mol. The van der Waals surface area contributed by atoms with Crippen LogP contribution in [0.15, 0.2) is 94.8 Å². The van der Waals surface area contributed by atoms with Gasteiger partial charge in [-0.25, -0.2) is 4.99 Å². The number of halogens is 2. The molecule has 5 rings (SSSR count). The van der Waals surface area contributed by atoms with Gasteiger partial charge in [0, 0.05) is 5.02 Å². The van der Waals surface area contributed by atoms with Crippen LogP contribution < -0.4 is 24.3 Å². The highest BCUT2D eigenvalue weighted by Crippen LogP contribution is 2.39. The highest BCUT2D eigenvalue weighted by molar-refractivity contribution is 8.18. The number of carbonyl (C=O) groups is 1. The van der Waals surface area contributed by atoms with Crippen molar-refractivity contribution in [2.45, 2.75) is 27.1 Å². The Morgan fingerprint density at radius 2 is 1.50 bits per heavy atom. The third kappa shape index (κ3) is 8.29. The molecule has 7 nitrogen and oxygen atoms in total. The van der Waals surface area contributed by atoms with Crippen molar-refractivity contribution in [2.24, 2.45) is 4.99 Å². The number of nitrogens with one attached hydrogen (secondary N) is 1. The van der Waals surface area contributed by atoms with E-state index in [0.717, 1.165) is 11.1 Å². The number of hydrogen-bond acceptors (Lipinski definition) is 7. The van der Waals surface area contributed by atoms with E-state index in [1.165, 1.54) is 11.8 Å². The van der Waals surface area contributed by atoms with Gasteiger partial charge in [0.1, 0.15) is 13.2 Å². The average Bonchev–Trinajstić information content (AvgIpc) is 3.36. The summed E-state index contributed by atoms with van der Waals surface area (Å²) < 4.78 is 23.9. The molecule has 1 saturated heterocycles. The Balaban J connectivity index is 1.30. The molecule has 4 aromatic carbocycles. The third-order valence-electron chi connectivity index (χ3n) is 6.27. The van der Waals surface area contributed by atoms with E-state index in [-0.39, 0.29) is 12.5 Å². The number of thioether (sulfide) groups is 1. The van der Waals surface area contributed by atoms with Crippen LogP contribution in [0.2, 0.25) is 10.0 Å². The first-order valence-corrected chi connectivity index (χ1v) is 15.6. The summed E-state index contributed by atoms with van der Waals surface area (Å²) in [5.41, 5.74) is 3.31. The van der Waals surface area contributed by atoms with Crippen LogP contribution in [-0.2, 0) is 18.0 Å². The van der Waals surface area contributed by atoms with Crippen molar-refractivity contribution in [2.75, 3.05) is 13.2 Å². The van der Waals surface area contributed by atoms with Gasteiger partial charge >= 0.3 is 0 Å². The van der Waals surface area contributed by atoms with E-state index >= 15 is 0 Å². The van der Waals surface area contributed by atoms with Crippen LogP contribution in [0.4, 0.5) is 5.69 Å². The van der Waals surface area contributed by atoms with Crippen molar-refractivity contribution in [3.05, 3.63) is 117 Å². The van der Waals surface area contributed by atoms with Crippen molar-refractivity contribution in [3.8, 4) is 23.0 Å². The monoisotopic (exact) mass is 648 g/mol. The molecule has 10 heteroatoms. The smallest absolute Gasteiger partial charge is 0.264 e. The lowest BCUT2D eigenvalue weighted by Crippen LogP contribution is -2.19. The second kappa shape index (κ2) is 15.1. The Morgan fingerprint density at radius 1 is 0.773 bits per heavy atom. The number of nitrogens with zero attached hydrogens (tertiary/aromatic N) is 1. The Bertz CT molecular complexity index is 1680. The van der Waals surface area contributed by atoms with E-state index < -0.39 is 0 Å². The predicted molar refractivity (Wildman–Crippen MR) is 178 cm³/mol. The molecule has 0 bridgehead atoms. The van der Waals surface area contributed by atoms with Crippen LogP contribution in [0.1, 0.15) is 30.5 Å². The van der Waals surface area contributed by atoms with Crippen LogP contribution in [0.25, 0.3) is 6.08 Å². The molecular formula is C34H30Cl2N2O5S. The first-order valence-electron chi connectivity index (χ1n) is 14.0. The molecule has 0 aliphatic carbocycles. The van der Waals surface area contributed by atoms with Gasteiger partial charge in [-0.2, -0.15) is 0 Å². The number of amides is 1. The van der Waals surface area contributed by atoms with Gasteiger partial charge < -0.3 is 24.3 Å². The first kappa shape index (κ1) is 31.3. The largest absolute Gasteiger partial charge is 0.490 e. The van der Waals surface area contributed by atoms with Gasteiger partial charge in [-0.05, 0) is 96.9 Å². The quantitative estimate of drug-likeness (QED) is 0.155. The highest BCUT2D eigenvalue weighted by atomic mass is 35.5. The van der Waals surface area contributed by atoms with Gasteiger partial charge in [-0.1, -0.05) is 59.6 Å². The van der Waals surface area contributed by atoms with Gasteiger partial charge in [-0.15, -0.1) is 0 Å². The lowest BCUT2D eigenvalue weighted by atomic mass is 10.1. The minimum atomic E-state index is -0.251. The summed E-state index contributed by atoms with van der Waals surface area (Å²) in [5.74, 6) is 1.91. The Labute approximate surface area is 270 Å². The topological polar surface area (TPSA) is 78.4 Å². The molecule has 1 amide bonds. The second-order valence-corrected chi connectivity index (χ2v) is 11.4. The van der Waals surface area contributed by atoms with Crippen molar-refractivity contribution < 1.29 is 23.7 Å². The molecule has 1 fully saturated rings. The number of amidine groups is 1. The number of hydrogen-bond donors (Lipinski definition) is 1. The Morgan fingerprint density at radius 3 is 2.25 bits per heavy atom. The molecule has 1 aliphatic heterocycles. The Hall–Kier alpha value is -4.11. The molecule has 1 heterocycles. The summed E-state index contributed by atoms with van der Waals surface area (Å²) in [5, 5.41) is 4.24. The molecule has 1 N–H and O–H groups in total. The predicted octanol–water partition coefficient (Wildman–Crippen LogP) is 8.84. The standard InChI is InChI=1S/C34H30Cl2N2O5S/c1-3-40-29-17-23(10-15-28(29)42-20-22-8-6-5-7-9-22)21-43-32-27(36)16-24(18-30(32)41-4-2)19-31-33(39)38-34(44-31)37-26-13-11-25(35)12-14-26/h5-19H,3-4,20-21H2,1-2H3,(H,37,38,39)/b31-19+.